The van der Waals surface area contributed by atoms with E-state index >= 15 is 0 Å². The van der Waals surface area contributed by atoms with Crippen LogP contribution in [0, 0.1) is 0 Å². The van der Waals surface area contributed by atoms with E-state index in [9.17, 15) is 14.4 Å². The highest BCUT2D eigenvalue weighted by Gasteiger charge is 2.19. The Morgan fingerprint density at radius 2 is 0.612 bits per heavy atom. The Morgan fingerprint density at radius 1 is 0.313 bits per heavy atom. The molecule has 0 aromatic carbocycles. The molecule has 0 aliphatic rings. The Hall–Kier alpha value is -3.93. The van der Waals surface area contributed by atoms with Gasteiger partial charge < -0.3 is 14.2 Å². The molecule has 0 saturated heterocycles. The summed E-state index contributed by atoms with van der Waals surface area (Å²) in [6.07, 6.45) is 73.6. The quantitative estimate of drug-likeness (QED) is 0.0199. The molecule has 0 bridgehead atoms. The monoisotopic (exact) mass is 929 g/mol. The van der Waals surface area contributed by atoms with Crippen LogP contribution in [-0.2, 0) is 28.6 Å². The Morgan fingerprint density at radius 3 is 1.07 bits per heavy atom. The molecule has 0 amide bonds. The first-order valence-corrected chi connectivity index (χ1v) is 27.4. The highest BCUT2D eigenvalue weighted by atomic mass is 16.6. The van der Waals surface area contributed by atoms with Crippen LogP contribution < -0.4 is 0 Å². The summed E-state index contributed by atoms with van der Waals surface area (Å²) in [5.74, 6) is -1.01. The molecule has 0 fully saturated rings. The zero-order valence-corrected chi connectivity index (χ0v) is 43.4. The predicted octanol–water partition coefficient (Wildman–Crippen LogP) is 18.3. The van der Waals surface area contributed by atoms with Crippen LogP contribution in [0.1, 0.15) is 239 Å². The van der Waals surface area contributed by atoms with Crippen LogP contribution in [0.15, 0.2) is 109 Å². The van der Waals surface area contributed by atoms with E-state index in [2.05, 4.69) is 130 Å². The first-order valence-electron chi connectivity index (χ1n) is 27.4. The first-order chi connectivity index (χ1) is 33.0. The summed E-state index contributed by atoms with van der Waals surface area (Å²) in [4.78, 5) is 38.1. The molecule has 0 heterocycles. The number of esters is 3. The van der Waals surface area contributed by atoms with Gasteiger partial charge in [-0.2, -0.15) is 0 Å². The molecule has 1 unspecified atom stereocenters. The Bertz CT molecular complexity index is 1390. The normalized spacial score (nSPS) is 12.9. The molecule has 380 valence electrons. The summed E-state index contributed by atoms with van der Waals surface area (Å²) < 4.78 is 16.7. The summed E-state index contributed by atoms with van der Waals surface area (Å²) in [5, 5.41) is 0. The minimum absolute atomic E-state index is 0.117. The molecule has 1 atom stereocenters. The number of rotatable bonds is 48. The second-order valence-corrected chi connectivity index (χ2v) is 17.9. The average molecular weight is 929 g/mol. The number of unbranched alkanes of at least 4 members (excludes halogenated alkanes) is 22. The molecule has 0 radical (unpaired) electrons. The van der Waals surface area contributed by atoms with Gasteiger partial charge in [0.25, 0.3) is 0 Å². The third-order valence-corrected chi connectivity index (χ3v) is 11.3. The van der Waals surface area contributed by atoms with Gasteiger partial charge in [0.1, 0.15) is 13.2 Å². The third kappa shape index (κ3) is 52.9. The summed E-state index contributed by atoms with van der Waals surface area (Å²) in [7, 11) is 0. The van der Waals surface area contributed by atoms with E-state index in [1.54, 1.807) is 0 Å². The maximum absolute atomic E-state index is 12.8. The molecule has 0 aliphatic heterocycles. The lowest BCUT2D eigenvalue weighted by molar-refractivity contribution is -0.167. The number of ether oxygens (including phenoxy) is 3. The minimum atomic E-state index is -0.825. The van der Waals surface area contributed by atoms with E-state index in [1.807, 2.05) is 0 Å². The van der Waals surface area contributed by atoms with Crippen molar-refractivity contribution in [3.63, 3.8) is 0 Å². The number of hydrogen-bond acceptors (Lipinski definition) is 6. The molecule has 0 rings (SSSR count). The van der Waals surface area contributed by atoms with E-state index in [0.29, 0.717) is 19.3 Å². The molecule has 0 aromatic rings. The van der Waals surface area contributed by atoms with Gasteiger partial charge >= 0.3 is 17.9 Å². The van der Waals surface area contributed by atoms with Crippen LogP contribution in [0.25, 0.3) is 0 Å². The van der Waals surface area contributed by atoms with Crippen LogP contribution >= 0.6 is 0 Å². The number of carbonyl (C=O) groups excluding carboxylic acids is 3. The van der Waals surface area contributed by atoms with Crippen molar-refractivity contribution in [1.29, 1.82) is 0 Å². The molecule has 0 N–H and O–H groups in total. The number of hydrogen-bond donors (Lipinski definition) is 0. The first kappa shape index (κ1) is 63.1. The van der Waals surface area contributed by atoms with Crippen molar-refractivity contribution in [3.8, 4) is 0 Å². The maximum atomic E-state index is 12.8. The van der Waals surface area contributed by atoms with Crippen molar-refractivity contribution < 1.29 is 28.6 Å². The fourth-order valence-corrected chi connectivity index (χ4v) is 7.15. The molecule has 0 aliphatic carbocycles. The summed E-state index contributed by atoms with van der Waals surface area (Å²) in [6.45, 7) is 6.48. The second-order valence-electron chi connectivity index (χ2n) is 17.9. The SMILES string of the molecule is CCCCC\C=C/C=C\C=C/C=C\CCCCCCCC(=O)OCC(COC(=O)CCCCC/C=C\CCCCCCCCC)OC(=O)CCC/C=C\C/C=C\C/C=C\C/C=C\CCCCC. The predicted molar refractivity (Wildman–Crippen MR) is 288 cm³/mol. The fourth-order valence-electron chi connectivity index (χ4n) is 7.15. The average Bonchev–Trinajstić information content (AvgIpc) is 3.33. The summed E-state index contributed by atoms with van der Waals surface area (Å²) in [6, 6.07) is 0. The van der Waals surface area contributed by atoms with Crippen LogP contribution in [0.2, 0.25) is 0 Å². The zero-order chi connectivity index (χ0) is 48.6. The molecular formula is C61H100O6. The second kappa shape index (κ2) is 54.7. The van der Waals surface area contributed by atoms with Crippen molar-refractivity contribution in [3.05, 3.63) is 109 Å². The largest absolute Gasteiger partial charge is 0.462 e. The van der Waals surface area contributed by atoms with Gasteiger partial charge in [-0.15, -0.1) is 0 Å². The molecule has 0 spiro atoms. The van der Waals surface area contributed by atoms with Gasteiger partial charge in [-0.3, -0.25) is 14.4 Å². The van der Waals surface area contributed by atoms with E-state index in [4.69, 9.17) is 14.2 Å². The van der Waals surface area contributed by atoms with Crippen molar-refractivity contribution in [2.45, 2.75) is 245 Å². The van der Waals surface area contributed by atoms with Crippen LogP contribution in [-0.4, -0.2) is 37.2 Å². The topological polar surface area (TPSA) is 78.9 Å². The van der Waals surface area contributed by atoms with Gasteiger partial charge in [0.2, 0.25) is 0 Å². The number of carbonyl (C=O) groups is 3. The smallest absolute Gasteiger partial charge is 0.306 e. The van der Waals surface area contributed by atoms with Crippen LogP contribution in [0.4, 0.5) is 0 Å². The van der Waals surface area contributed by atoms with Gasteiger partial charge in [-0.1, -0.05) is 220 Å². The fraction of sp³-hybridized carbons (Fsp3) is 0.656. The van der Waals surface area contributed by atoms with E-state index in [-0.39, 0.29) is 37.5 Å². The molecule has 6 nitrogen and oxygen atoms in total. The van der Waals surface area contributed by atoms with Gasteiger partial charge in [0.15, 0.2) is 6.10 Å². The van der Waals surface area contributed by atoms with Crippen LogP contribution in [0.5, 0.6) is 0 Å². The Labute approximate surface area is 412 Å². The summed E-state index contributed by atoms with van der Waals surface area (Å²) >= 11 is 0. The molecule has 67 heavy (non-hydrogen) atoms. The van der Waals surface area contributed by atoms with Crippen molar-refractivity contribution in [2.75, 3.05) is 13.2 Å². The highest BCUT2D eigenvalue weighted by Crippen LogP contribution is 2.12. The van der Waals surface area contributed by atoms with E-state index < -0.39 is 6.10 Å². The maximum Gasteiger partial charge on any atom is 0.306 e. The van der Waals surface area contributed by atoms with E-state index in [1.165, 1.54) is 89.9 Å². The van der Waals surface area contributed by atoms with Gasteiger partial charge in [0, 0.05) is 19.3 Å². The van der Waals surface area contributed by atoms with E-state index in [0.717, 1.165) is 103 Å². The van der Waals surface area contributed by atoms with Gasteiger partial charge in [-0.25, -0.2) is 0 Å². The summed E-state index contributed by atoms with van der Waals surface area (Å²) in [5.41, 5.74) is 0. The van der Waals surface area contributed by atoms with Crippen molar-refractivity contribution in [1.82, 2.24) is 0 Å². The molecular weight excluding hydrogens is 829 g/mol. The Kier molecular flexibility index (Phi) is 51.5. The van der Waals surface area contributed by atoms with Gasteiger partial charge in [-0.05, 0) is 109 Å². The van der Waals surface area contributed by atoms with Crippen molar-refractivity contribution in [2.24, 2.45) is 0 Å². The Balaban J connectivity index is 4.56. The third-order valence-electron chi connectivity index (χ3n) is 11.3. The lowest BCUT2D eigenvalue weighted by atomic mass is 10.1. The molecule has 0 saturated carbocycles. The number of allylic oxidation sites excluding steroid dienone is 18. The zero-order valence-electron chi connectivity index (χ0n) is 43.4. The lowest BCUT2D eigenvalue weighted by Crippen LogP contribution is -2.30. The lowest BCUT2D eigenvalue weighted by Gasteiger charge is -2.18. The van der Waals surface area contributed by atoms with Crippen LogP contribution in [0.3, 0.4) is 0 Å². The van der Waals surface area contributed by atoms with Gasteiger partial charge in [0.05, 0.1) is 0 Å². The highest BCUT2D eigenvalue weighted by molar-refractivity contribution is 5.71. The van der Waals surface area contributed by atoms with Crippen molar-refractivity contribution >= 4 is 17.9 Å². The molecule has 6 heteroatoms. The standard InChI is InChI=1S/C61H100O6/c1-4-7-10-13-16-19-22-25-28-30-32-33-36-39-42-45-48-51-54-60(63)66-57-58(56-65-59(62)53-50-47-44-41-38-35-27-24-21-18-15-12-9-6-3)67-61(64)55-52-49-46-43-40-37-34-31-29-26-23-20-17-14-11-8-5-2/h16-17,19-20,22,25-26,28-30,32-35,37-38,43,46,58H,4-15,18,21,23-24,27,31,36,39-42,44-45,47-57H2,1-3H3/b19-16-,20-17-,25-22-,29-26-,30-28-,33-32-,37-34-,38-35-,46-43-. The molecule has 0 aromatic heterocycles. The minimum Gasteiger partial charge on any atom is -0.462 e.